The fraction of sp³-hybridized carbons (Fsp3) is 0.421. The summed E-state index contributed by atoms with van der Waals surface area (Å²) < 4.78 is 7.30. The first-order chi connectivity index (χ1) is 11.6. The van der Waals surface area contributed by atoms with Crippen LogP contribution in [0.1, 0.15) is 34.6 Å². The third-order valence-electron chi connectivity index (χ3n) is 3.74. The van der Waals surface area contributed by atoms with Gasteiger partial charge in [-0.05, 0) is 58.9 Å². The van der Waals surface area contributed by atoms with Crippen LogP contribution in [0.25, 0.3) is 0 Å². The number of pyridine rings is 2. The molecule has 0 bridgehead atoms. The molecule has 0 atom stereocenters. The van der Waals surface area contributed by atoms with Gasteiger partial charge in [0.05, 0.1) is 5.41 Å². The van der Waals surface area contributed by atoms with Crippen LogP contribution in [-0.4, -0.2) is 22.1 Å². The van der Waals surface area contributed by atoms with Crippen molar-refractivity contribution in [3.8, 4) is 5.75 Å². The van der Waals surface area contributed by atoms with E-state index < -0.39 is 5.41 Å². The number of hydrogen-bond donors (Lipinski definition) is 1. The molecule has 0 radical (unpaired) electrons. The molecule has 0 aromatic carbocycles. The van der Waals surface area contributed by atoms with Gasteiger partial charge in [0.1, 0.15) is 12.4 Å². The van der Waals surface area contributed by atoms with Crippen molar-refractivity contribution in [2.24, 2.45) is 5.41 Å². The molecule has 25 heavy (non-hydrogen) atoms. The molecule has 2 heterocycles. The van der Waals surface area contributed by atoms with Crippen LogP contribution in [0.2, 0.25) is 0 Å². The third-order valence-corrected chi connectivity index (χ3v) is 3.74. The highest BCUT2D eigenvalue weighted by molar-refractivity contribution is 5.94. The van der Waals surface area contributed by atoms with Crippen LogP contribution in [-0.2, 0) is 10.3 Å². The average Bonchev–Trinajstić information content (AvgIpc) is 2.53. The van der Waals surface area contributed by atoms with E-state index in [1.807, 2.05) is 20.8 Å². The van der Waals surface area contributed by atoms with Gasteiger partial charge in [0.15, 0.2) is 5.75 Å². The molecule has 134 valence electrons. The zero-order valence-corrected chi connectivity index (χ0v) is 15.4. The molecule has 2 rings (SSSR count). The predicted octanol–water partition coefficient (Wildman–Crippen LogP) is 3.04. The summed E-state index contributed by atoms with van der Waals surface area (Å²) in [5, 5.41) is 2.76. The molecule has 2 aromatic heterocycles. The summed E-state index contributed by atoms with van der Waals surface area (Å²) in [4.78, 5) is 29.1. The second-order valence-corrected chi connectivity index (χ2v) is 7.56. The molecule has 1 amide bonds. The third kappa shape index (κ3) is 4.68. The summed E-state index contributed by atoms with van der Waals surface area (Å²) >= 11 is 0. The molecule has 0 saturated heterocycles. The van der Waals surface area contributed by atoms with E-state index >= 15 is 0 Å². The lowest BCUT2D eigenvalue weighted by Gasteiger charge is -2.25. The summed E-state index contributed by atoms with van der Waals surface area (Å²) in [6.07, 6.45) is 3.34. The van der Waals surface area contributed by atoms with Crippen molar-refractivity contribution in [1.82, 2.24) is 9.55 Å². The molecular formula is C19H25N3O3. The standard InChI is InChI=1S/C19H25N3O3/c1-18(2,3)22-12-8-9-14(16(22)23)25-13-19(4,5)17(24)21-15-10-6-7-11-20-15/h6-12H,13H2,1-5H3,(H,20,21,24). The van der Waals surface area contributed by atoms with Crippen LogP contribution in [0, 0.1) is 5.41 Å². The Labute approximate surface area is 147 Å². The van der Waals surface area contributed by atoms with Gasteiger partial charge in [-0.25, -0.2) is 4.98 Å². The first-order valence-electron chi connectivity index (χ1n) is 8.19. The van der Waals surface area contributed by atoms with Gasteiger partial charge < -0.3 is 14.6 Å². The van der Waals surface area contributed by atoms with Gasteiger partial charge >= 0.3 is 0 Å². The summed E-state index contributed by atoms with van der Waals surface area (Å²) in [6.45, 7) is 9.44. The maximum atomic E-state index is 12.5. The summed E-state index contributed by atoms with van der Waals surface area (Å²) in [6, 6.07) is 8.68. The highest BCUT2D eigenvalue weighted by atomic mass is 16.5. The van der Waals surface area contributed by atoms with Crippen LogP contribution in [0.4, 0.5) is 5.82 Å². The van der Waals surface area contributed by atoms with Gasteiger partial charge in [-0.1, -0.05) is 6.07 Å². The van der Waals surface area contributed by atoms with Crippen molar-refractivity contribution < 1.29 is 9.53 Å². The first kappa shape index (κ1) is 18.7. The number of amides is 1. The van der Waals surface area contributed by atoms with E-state index in [0.717, 1.165) is 0 Å². The van der Waals surface area contributed by atoms with Crippen LogP contribution in [0.5, 0.6) is 5.75 Å². The second kappa shape index (κ2) is 7.09. The van der Waals surface area contributed by atoms with Gasteiger partial charge in [-0.3, -0.25) is 9.59 Å². The second-order valence-electron chi connectivity index (χ2n) is 7.56. The van der Waals surface area contributed by atoms with E-state index in [2.05, 4.69) is 10.3 Å². The quantitative estimate of drug-likeness (QED) is 0.905. The molecule has 0 spiro atoms. The minimum atomic E-state index is -0.827. The fourth-order valence-electron chi connectivity index (χ4n) is 2.16. The maximum absolute atomic E-state index is 12.5. The Morgan fingerprint density at radius 2 is 1.88 bits per heavy atom. The van der Waals surface area contributed by atoms with Crippen molar-refractivity contribution in [2.75, 3.05) is 11.9 Å². The number of ether oxygens (including phenoxy) is 1. The summed E-state index contributed by atoms with van der Waals surface area (Å²) in [5.74, 6) is 0.491. The number of nitrogens with one attached hydrogen (secondary N) is 1. The highest BCUT2D eigenvalue weighted by Gasteiger charge is 2.29. The largest absolute Gasteiger partial charge is 0.487 e. The van der Waals surface area contributed by atoms with Crippen LogP contribution < -0.4 is 15.6 Å². The van der Waals surface area contributed by atoms with Crippen molar-refractivity contribution in [2.45, 2.75) is 40.2 Å². The van der Waals surface area contributed by atoms with Gasteiger partial charge in [0, 0.05) is 17.9 Å². The van der Waals surface area contributed by atoms with Crippen LogP contribution in [0.15, 0.2) is 47.5 Å². The molecule has 0 aliphatic rings. The normalized spacial score (nSPS) is 11.9. The Hall–Kier alpha value is -2.63. The monoisotopic (exact) mass is 343 g/mol. The molecule has 6 heteroatoms. The Morgan fingerprint density at radius 3 is 2.48 bits per heavy atom. The summed E-state index contributed by atoms with van der Waals surface area (Å²) in [5.41, 5.74) is -1.38. The zero-order chi connectivity index (χ0) is 18.7. The molecule has 0 fully saturated rings. The molecule has 0 aliphatic carbocycles. The van der Waals surface area contributed by atoms with E-state index in [4.69, 9.17) is 4.74 Å². The Balaban J connectivity index is 2.09. The lowest BCUT2D eigenvalue weighted by atomic mass is 9.93. The predicted molar refractivity (Wildman–Crippen MR) is 97.8 cm³/mol. The minimum absolute atomic E-state index is 0.0784. The number of carbonyl (C=O) groups excluding carboxylic acids is 1. The lowest BCUT2D eigenvalue weighted by Crippen LogP contribution is -2.38. The number of hydrogen-bond acceptors (Lipinski definition) is 4. The molecule has 0 saturated carbocycles. The molecule has 0 aliphatic heterocycles. The van der Waals surface area contributed by atoms with Gasteiger partial charge in [-0.15, -0.1) is 0 Å². The van der Waals surface area contributed by atoms with Crippen molar-refractivity contribution >= 4 is 11.7 Å². The molecular weight excluding hydrogens is 318 g/mol. The van der Waals surface area contributed by atoms with Crippen LogP contribution >= 0.6 is 0 Å². The lowest BCUT2D eigenvalue weighted by molar-refractivity contribution is -0.125. The van der Waals surface area contributed by atoms with E-state index in [0.29, 0.717) is 5.82 Å². The number of nitrogens with zero attached hydrogens (tertiary/aromatic N) is 2. The van der Waals surface area contributed by atoms with Gasteiger partial charge in [0.2, 0.25) is 5.91 Å². The maximum Gasteiger partial charge on any atom is 0.293 e. The van der Waals surface area contributed by atoms with E-state index in [9.17, 15) is 9.59 Å². The molecule has 1 N–H and O–H groups in total. The molecule has 6 nitrogen and oxygen atoms in total. The SMILES string of the molecule is CC(C)(COc1cccn(C(C)(C)C)c1=O)C(=O)Nc1ccccn1. The topological polar surface area (TPSA) is 73.2 Å². The Kier molecular flexibility index (Phi) is 5.30. The van der Waals surface area contributed by atoms with Crippen molar-refractivity contribution in [3.05, 3.63) is 53.1 Å². The Morgan fingerprint density at radius 1 is 1.16 bits per heavy atom. The van der Waals surface area contributed by atoms with Crippen LogP contribution in [0.3, 0.4) is 0 Å². The highest BCUT2D eigenvalue weighted by Crippen LogP contribution is 2.20. The molecule has 0 unspecified atom stereocenters. The van der Waals surface area contributed by atoms with E-state index in [1.165, 1.54) is 0 Å². The number of anilines is 1. The van der Waals surface area contributed by atoms with E-state index in [-0.39, 0.29) is 29.4 Å². The number of aromatic nitrogens is 2. The fourth-order valence-corrected chi connectivity index (χ4v) is 2.16. The van der Waals surface area contributed by atoms with Crippen molar-refractivity contribution in [3.63, 3.8) is 0 Å². The van der Waals surface area contributed by atoms with Crippen molar-refractivity contribution in [1.29, 1.82) is 0 Å². The summed E-state index contributed by atoms with van der Waals surface area (Å²) in [7, 11) is 0. The number of carbonyl (C=O) groups is 1. The molecule has 2 aromatic rings. The Bertz CT molecular complexity index is 790. The zero-order valence-electron chi connectivity index (χ0n) is 15.4. The minimum Gasteiger partial charge on any atom is -0.487 e. The van der Waals surface area contributed by atoms with E-state index in [1.54, 1.807) is 61.1 Å². The average molecular weight is 343 g/mol. The first-order valence-corrected chi connectivity index (χ1v) is 8.19. The number of rotatable bonds is 5. The van der Waals surface area contributed by atoms with Gasteiger partial charge in [-0.2, -0.15) is 0 Å². The van der Waals surface area contributed by atoms with Gasteiger partial charge in [0.25, 0.3) is 5.56 Å². The smallest absolute Gasteiger partial charge is 0.293 e.